The number of esters is 2. The second-order valence-electron chi connectivity index (χ2n) is 15.2. The monoisotopic (exact) mass is 769 g/mol. The minimum absolute atomic E-state index is 0.0509. The number of carbonyl (C=O) groups is 2. The number of nitrogens with zero attached hydrogens (tertiary/aromatic N) is 3. The van der Waals surface area contributed by atoms with Crippen molar-refractivity contribution >= 4 is 29.4 Å². The van der Waals surface area contributed by atoms with Gasteiger partial charge in [-0.1, -0.05) is 6.07 Å². The molecule has 288 valence electrons. The Bertz CT molecular complexity index is 2230. The van der Waals surface area contributed by atoms with E-state index < -0.39 is 46.9 Å². The van der Waals surface area contributed by atoms with Gasteiger partial charge in [-0.3, -0.25) is 19.9 Å². The summed E-state index contributed by atoms with van der Waals surface area (Å²) >= 11 is 1.51. The van der Waals surface area contributed by atoms with Crippen LogP contribution in [0.3, 0.4) is 0 Å². The number of nitrogen functional groups attached to an aromatic ring is 1. The summed E-state index contributed by atoms with van der Waals surface area (Å²) < 4.78 is 36.3. The molecule has 2 saturated heterocycles. The van der Waals surface area contributed by atoms with Gasteiger partial charge in [0.2, 0.25) is 6.79 Å². The number of rotatable bonds is 3. The zero-order valence-electron chi connectivity index (χ0n) is 31.5. The number of hydrogen-bond donors (Lipinski definition) is 3. The van der Waals surface area contributed by atoms with Gasteiger partial charge in [-0.2, -0.15) is 5.26 Å². The van der Waals surface area contributed by atoms with Gasteiger partial charge in [-0.15, -0.1) is 11.8 Å². The Morgan fingerprint density at radius 3 is 2.60 bits per heavy atom. The summed E-state index contributed by atoms with van der Waals surface area (Å²) in [6, 6.07) is 5.73. The first-order valence-corrected chi connectivity index (χ1v) is 19.4. The van der Waals surface area contributed by atoms with Crippen LogP contribution in [0, 0.1) is 25.2 Å². The SMILES string of the molecule is COc1cc2c(cc1N)CCN[C@]21CS[C@@H]2c3c(OC(C)=O)c(C)c4c(c3[C@H](COC1=O)N1[C@@H]2[C@H]2c3c(cc(C)c(OC)c3O)C[C@@H]([C@@H]1C#N)N2C)OCO4. The second kappa shape index (κ2) is 12.8. The van der Waals surface area contributed by atoms with E-state index in [0.717, 1.165) is 27.8 Å². The van der Waals surface area contributed by atoms with Crippen LogP contribution >= 0.6 is 11.8 Å². The quantitative estimate of drug-likeness (QED) is 0.199. The van der Waals surface area contributed by atoms with Crippen LogP contribution < -0.4 is 34.7 Å². The summed E-state index contributed by atoms with van der Waals surface area (Å²) in [7, 11) is 5.09. The number of piperazine rings is 1. The number of aryl methyl sites for hydroxylation is 1. The molecule has 14 nitrogen and oxygen atoms in total. The van der Waals surface area contributed by atoms with Crippen molar-refractivity contribution in [1.29, 1.82) is 5.26 Å². The number of benzene rings is 3. The Morgan fingerprint density at radius 2 is 1.87 bits per heavy atom. The number of hydrogen-bond acceptors (Lipinski definition) is 15. The van der Waals surface area contributed by atoms with Gasteiger partial charge in [-0.05, 0) is 68.1 Å². The fourth-order valence-corrected chi connectivity index (χ4v) is 11.9. The summed E-state index contributed by atoms with van der Waals surface area (Å²) in [4.78, 5) is 32.1. The van der Waals surface area contributed by atoms with E-state index in [-0.39, 0.29) is 30.9 Å². The normalized spacial score (nSPS) is 28.9. The molecule has 4 bridgehead atoms. The summed E-state index contributed by atoms with van der Waals surface area (Å²) in [5.41, 5.74) is 11.6. The number of phenolic OH excluding ortho intramolecular Hbond substituents is 1. The van der Waals surface area contributed by atoms with Crippen LogP contribution in [0.5, 0.6) is 34.5 Å². The van der Waals surface area contributed by atoms with Gasteiger partial charge in [0.1, 0.15) is 24.1 Å². The molecular formula is C40H43N5O9S. The molecule has 0 unspecified atom stereocenters. The van der Waals surface area contributed by atoms with Crippen LogP contribution in [-0.2, 0) is 32.7 Å². The molecule has 3 aromatic rings. The molecular weight excluding hydrogens is 727 g/mol. The van der Waals surface area contributed by atoms with Gasteiger partial charge in [0.05, 0.1) is 43.3 Å². The first-order valence-electron chi connectivity index (χ1n) is 18.4. The summed E-state index contributed by atoms with van der Waals surface area (Å²) in [6.07, 6.45) is 1.14. The molecule has 0 aromatic heterocycles. The molecule has 7 atom stereocenters. The molecule has 0 amide bonds. The molecule has 0 saturated carbocycles. The van der Waals surface area contributed by atoms with Gasteiger partial charge in [0.15, 0.2) is 28.5 Å². The lowest BCUT2D eigenvalue weighted by atomic mass is 9.71. The number of ether oxygens (including phenoxy) is 6. The number of phenols is 1. The van der Waals surface area contributed by atoms with E-state index in [9.17, 15) is 20.0 Å². The third-order valence-electron chi connectivity index (χ3n) is 12.5. The van der Waals surface area contributed by atoms with Crippen LogP contribution in [0.2, 0.25) is 0 Å². The Labute approximate surface area is 322 Å². The lowest BCUT2D eigenvalue weighted by molar-refractivity contribution is -0.157. The topological polar surface area (TPSA) is 178 Å². The molecule has 0 radical (unpaired) electrons. The molecule has 7 heterocycles. The summed E-state index contributed by atoms with van der Waals surface area (Å²) in [5.74, 6) is 1.38. The number of aromatic hydroxyl groups is 1. The summed E-state index contributed by atoms with van der Waals surface area (Å²) in [5, 5.41) is 26.2. The lowest BCUT2D eigenvalue weighted by Gasteiger charge is -2.62. The molecule has 0 aliphatic carbocycles. The van der Waals surface area contributed by atoms with E-state index in [2.05, 4.69) is 27.3 Å². The number of nitrogens with one attached hydrogen (secondary N) is 1. The van der Waals surface area contributed by atoms with Gasteiger partial charge >= 0.3 is 11.9 Å². The van der Waals surface area contributed by atoms with Crippen molar-refractivity contribution in [2.45, 2.75) is 74.6 Å². The highest BCUT2D eigenvalue weighted by Gasteiger charge is 2.62. The van der Waals surface area contributed by atoms with Crippen molar-refractivity contribution in [3.05, 3.63) is 62.7 Å². The molecule has 15 heteroatoms. The Hall–Kier alpha value is -4.88. The van der Waals surface area contributed by atoms with Gasteiger partial charge < -0.3 is 39.3 Å². The molecule has 1 spiro atoms. The Kier molecular flexibility index (Phi) is 8.36. The van der Waals surface area contributed by atoms with E-state index >= 15 is 0 Å². The summed E-state index contributed by atoms with van der Waals surface area (Å²) in [6.45, 7) is 5.40. The van der Waals surface area contributed by atoms with E-state index in [1.807, 2.05) is 33.0 Å². The van der Waals surface area contributed by atoms with Crippen LogP contribution in [0.1, 0.15) is 68.8 Å². The number of carbonyl (C=O) groups excluding carboxylic acids is 2. The molecule has 2 fully saturated rings. The Morgan fingerprint density at radius 1 is 1.09 bits per heavy atom. The molecule has 4 N–H and O–H groups in total. The number of fused-ring (bicyclic) bond motifs is 9. The fourth-order valence-electron chi connectivity index (χ4n) is 10.2. The predicted octanol–water partition coefficient (Wildman–Crippen LogP) is 3.86. The van der Waals surface area contributed by atoms with E-state index in [1.54, 1.807) is 14.2 Å². The molecule has 55 heavy (non-hydrogen) atoms. The average Bonchev–Trinajstić information content (AvgIpc) is 3.65. The molecule has 7 aliphatic heterocycles. The number of likely N-dealkylation sites (N-methyl/N-ethyl adjacent to an activating group) is 1. The molecule has 10 rings (SSSR count). The third kappa shape index (κ3) is 4.90. The first kappa shape index (κ1) is 35.8. The second-order valence-corrected chi connectivity index (χ2v) is 16.3. The predicted molar refractivity (Wildman–Crippen MR) is 201 cm³/mol. The number of nitrogens with two attached hydrogens (primary N) is 1. The Balaban J connectivity index is 1.33. The van der Waals surface area contributed by atoms with Gasteiger partial charge in [0.25, 0.3) is 0 Å². The maximum atomic E-state index is 14.8. The number of anilines is 1. The van der Waals surface area contributed by atoms with E-state index in [0.29, 0.717) is 70.5 Å². The minimum Gasteiger partial charge on any atom is -0.504 e. The minimum atomic E-state index is -1.31. The van der Waals surface area contributed by atoms with Crippen molar-refractivity contribution in [3.63, 3.8) is 0 Å². The maximum absolute atomic E-state index is 14.8. The van der Waals surface area contributed by atoms with Crippen molar-refractivity contribution in [2.75, 3.05) is 52.7 Å². The van der Waals surface area contributed by atoms with Crippen LogP contribution in [0.4, 0.5) is 5.69 Å². The number of nitriles is 1. The number of thioether (sulfide) groups is 1. The van der Waals surface area contributed by atoms with Crippen molar-refractivity contribution in [3.8, 4) is 40.6 Å². The van der Waals surface area contributed by atoms with E-state index in [4.69, 9.17) is 34.2 Å². The highest BCUT2D eigenvalue weighted by molar-refractivity contribution is 7.99. The van der Waals surface area contributed by atoms with Crippen molar-refractivity contribution < 1.29 is 43.1 Å². The van der Waals surface area contributed by atoms with E-state index in [1.165, 1.54) is 18.7 Å². The lowest BCUT2D eigenvalue weighted by Crippen LogP contribution is -2.69. The smallest absolute Gasteiger partial charge is 0.331 e. The van der Waals surface area contributed by atoms with Crippen LogP contribution in [0.15, 0.2) is 18.2 Å². The van der Waals surface area contributed by atoms with Gasteiger partial charge in [0, 0.05) is 53.6 Å². The molecule has 3 aromatic carbocycles. The largest absolute Gasteiger partial charge is 0.504 e. The van der Waals surface area contributed by atoms with Crippen LogP contribution in [-0.4, -0.2) is 91.9 Å². The van der Waals surface area contributed by atoms with Crippen molar-refractivity contribution in [2.24, 2.45) is 0 Å². The highest BCUT2D eigenvalue weighted by atomic mass is 32.2. The number of methoxy groups -OCH3 is 2. The molecule has 7 aliphatic rings. The zero-order valence-corrected chi connectivity index (χ0v) is 32.3. The standard InChI is InChI=1S/C40H43N5O9S/c1-17-9-21-11-24-25(13-41)45-26-14-51-39(48)40(22-12-27(49-5)23(42)10-20(22)7-8-43-40)15-55-38(32(45)31(44(24)4)28(21)33(47)34(17)50-6)30-29(26)37-36(52-16-53-37)18(2)35(30)54-19(3)46/h9-10,12,24-26,31-32,38,43,47H,7-8,11,14-16,42H2,1-6H3/t24-,25-,26-,31+,32+,38+,40+/m0/s1. The third-order valence-corrected chi connectivity index (χ3v) is 14.0. The first-order chi connectivity index (χ1) is 26.4. The zero-order chi connectivity index (χ0) is 38.7. The highest BCUT2D eigenvalue weighted by Crippen LogP contribution is 2.64. The van der Waals surface area contributed by atoms with Crippen molar-refractivity contribution in [1.82, 2.24) is 15.1 Å². The van der Waals surface area contributed by atoms with Gasteiger partial charge in [-0.25, -0.2) is 4.79 Å². The van der Waals surface area contributed by atoms with Crippen LogP contribution in [0.25, 0.3) is 0 Å². The maximum Gasteiger partial charge on any atom is 0.331 e. The average molecular weight is 770 g/mol. The fraction of sp³-hybridized carbons (Fsp3) is 0.475.